The first-order valence-corrected chi connectivity index (χ1v) is 11.1. The van der Waals surface area contributed by atoms with Crippen LogP contribution in [-0.2, 0) is 22.7 Å². The Morgan fingerprint density at radius 1 is 1.17 bits per heavy atom. The van der Waals surface area contributed by atoms with Gasteiger partial charge in [-0.05, 0) is 53.8 Å². The van der Waals surface area contributed by atoms with Gasteiger partial charge in [0.15, 0.2) is 0 Å². The van der Waals surface area contributed by atoms with E-state index in [0.29, 0.717) is 25.2 Å². The highest BCUT2D eigenvalue weighted by Crippen LogP contribution is 2.32. The Morgan fingerprint density at radius 3 is 2.59 bits per heavy atom. The second kappa shape index (κ2) is 7.50. The van der Waals surface area contributed by atoms with Crippen molar-refractivity contribution in [1.29, 1.82) is 0 Å². The zero-order valence-corrected chi connectivity index (χ0v) is 16.6. The third-order valence-corrected chi connectivity index (χ3v) is 7.51. The van der Waals surface area contributed by atoms with E-state index in [2.05, 4.69) is 15.4 Å². The van der Waals surface area contributed by atoms with Crippen molar-refractivity contribution in [3.63, 3.8) is 0 Å². The molecule has 0 unspecified atom stereocenters. The van der Waals surface area contributed by atoms with E-state index in [4.69, 9.17) is 0 Å². The highest BCUT2D eigenvalue weighted by Gasteiger charge is 2.37. The lowest BCUT2D eigenvalue weighted by Gasteiger charge is -2.23. The van der Waals surface area contributed by atoms with E-state index in [0.717, 1.165) is 29.1 Å². The van der Waals surface area contributed by atoms with Crippen molar-refractivity contribution in [2.45, 2.75) is 36.5 Å². The molecule has 3 aromatic rings. The fourth-order valence-electron chi connectivity index (χ4n) is 3.27. The number of aromatic nitrogens is 4. The summed E-state index contributed by atoms with van der Waals surface area (Å²) in [5, 5.41) is 14.2. The molecule has 0 spiro atoms. The van der Waals surface area contributed by atoms with E-state index in [1.165, 1.54) is 20.4 Å². The molecule has 0 saturated carbocycles. The maximum atomic E-state index is 13.0. The molecule has 0 amide bonds. The fourth-order valence-corrected chi connectivity index (χ4v) is 5.61. The molecule has 1 fully saturated rings. The van der Waals surface area contributed by atoms with Crippen molar-refractivity contribution in [3.8, 4) is 10.7 Å². The lowest BCUT2D eigenvalue weighted by molar-refractivity contribution is -0.137. The number of tetrazole rings is 1. The van der Waals surface area contributed by atoms with Crippen molar-refractivity contribution in [2.75, 3.05) is 6.54 Å². The predicted octanol–water partition coefficient (Wildman–Crippen LogP) is 3.27. The summed E-state index contributed by atoms with van der Waals surface area (Å²) < 4.78 is 65.5. The van der Waals surface area contributed by atoms with Gasteiger partial charge in [0, 0.05) is 12.6 Å². The summed E-state index contributed by atoms with van der Waals surface area (Å²) in [6, 6.07) is 6.90. The van der Waals surface area contributed by atoms with Crippen LogP contribution >= 0.6 is 11.3 Å². The van der Waals surface area contributed by atoms with Crippen LogP contribution in [0.5, 0.6) is 0 Å². The Labute approximate surface area is 168 Å². The summed E-state index contributed by atoms with van der Waals surface area (Å²) in [4.78, 5) is 2.06. The van der Waals surface area contributed by atoms with Gasteiger partial charge in [0.05, 0.1) is 21.9 Å². The molecule has 7 nitrogen and oxygen atoms in total. The predicted molar refractivity (Wildman–Crippen MR) is 99.5 cm³/mol. The minimum absolute atomic E-state index is 0.164. The third-order valence-electron chi connectivity index (χ3n) is 4.68. The smallest absolute Gasteiger partial charge is 0.207 e. The summed E-state index contributed by atoms with van der Waals surface area (Å²) in [7, 11) is -3.93. The molecule has 1 atom stereocenters. The van der Waals surface area contributed by atoms with Crippen LogP contribution in [0.3, 0.4) is 0 Å². The second-order valence-corrected chi connectivity index (χ2v) is 9.42. The number of hydrogen-bond donors (Lipinski definition) is 0. The monoisotopic (exact) mass is 443 g/mol. The average Bonchev–Trinajstić information content (AvgIpc) is 3.43. The molecule has 29 heavy (non-hydrogen) atoms. The SMILES string of the molecule is O=S(=O)(c1ccc(C(F)(F)F)cc1)N1CCC[C@@H]1Cn1nnc(-c2cccs2)n1. The number of rotatable bonds is 5. The van der Waals surface area contributed by atoms with Crippen LogP contribution in [0.4, 0.5) is 13.2 Å². The molecule has 3 heterocycles. The zero-order chi connectivity index (χ0) is 20.6. The van der Waals surface area contributed by atoms with E-state index in [9.17, 15) is 21.6 Å². The van der Waals surface area contributed by atoms with Gasteiger partial charge in [-0.3, -0.25) is 0 Å². The standard InChI is InChI=1S/C17H16F3N5O2S2/c18-17(19,20)12-5-7-14(8-6-12)29(26,27)24-9-1-3-13(24)11-25-22-16(21-23-25)15-4-2-10-28-15/h2,4-8,10,13H,1,3,9,11H2/t13-/m1/s1. The molecular weight excluding hydrogens is 427 g/mol. The number of nitrogens with zero attached hydrogens (tertiary/aromatic N) is 5. The highest BCUT2D eigenvalue weighted by atomic mass is 32.2. The summed E-state index contributed by atoms with van der Waals surface area (Å²) in [6.45, 7) is 0.513. The number of alkyl halides is 3. The first kappa shape index (κ1) is 20.0. The van der Waals surface area contributed by atoms with Gasteiger partial charge < -0.3 is 0 Å². The van der Waals surface area contributed by atoms with Gasteiger partial charge in [-0.1, -0.05) is 6.07 Å². The van der Waals surface area contributed by atoms with Crippen LogP contribution < -0.4 is 0 Å². The van der Waals surface area contributed by atoms with Gasteiger partial charge in [0.2, 0.25) is 15.8 Å². The number of sulfonamides is 1. The van der Waals surface area contributed by atoms with Crippen molar-refractivity contribution in [3.05, 3.63) is 47.3 Å². The molecule has 0 bridgehead atoms. The molecular formula is C17H16F3N5O2S2. The quantitative estimate of drug-likeness (QED) is 0.605. The van der Waals surface area contributed by atoms with Crippen LogP contribution in [0.2, 0.25) is 0 Å². The van der Waals surface area contributed by atoms with E-state index in [1.54, 1.807) is 0 Å². The molecule has 0 aliphatic carbocycles. The third kappa shape index (κ3) is 4.05. The van der Waals surface area contributed by atoms with E-state index in [-0.39, 0.29) is 11.4 Å². The number of thiophene rings is 1. The average molecular weight is 443 g/mol. The normalized spacial score (nSPS) is 18.4. The van der Waals surface area contributed by atoms with Gasteiger partial charge >= 0.3 is 6.18 Å². The minimum Gasteiger partial charge on any atom is -0.207 e. The lowest BCUT2D eigenvalue weighted by Crippen LogP contribution is -2.38. The van der Waals surface area contributed by atoms with Crippen molar-refractivity contribution in [1.82, 2.24) is 24.5 Å². The summed E-state index contributed by atoms with van der Waals surface area (Å²) >= 11 is 1.47. The van der Waals surface area contributed by atoms with Gasteiger partial charge in [0.1, 0.15) is 0 Å². The summed E-state index contributed by atoms with van der Waals surface area (Å²) in [5.41, 5.74) is -0.887. The van der Waals surface area contributed by atoms with Crippen molar-refractivity contribution in [2.24, 2.45) is 0 Å². The topological polar surface area (TPSA) is 81.0 Å². The van der Waals surface area contributed by atoms with Crippen LogP contribution in [0, 0.1) is 0 Å². The molecule has 12 heteroatoms. The lowest BCUT2D eigenvalue weighted by atomic mass is 10.2. The van der Waals surface area contributed by atoms with Gasteiger partial charge in [-0.15, -0.1) is 21.5 Å². The van der Waals surface area contributed by atoms with E-state index < -0.39 is 27.8 Å². The second-order valence-electron chi connectivity index (χ2n) is 6.58. The van der Waals surface area contributed by atoms with Crippen molar-refractivity contribution < 1.29 is 21.6 Å². The molecule has 2 aromatic heterocycles. The molecule has 4 rings (SSSR count). The maximum Gasteiger partial charge on any atom is 0.416 e. The fraction of sp³-hybridized carbons (Fsp3) is 0.353. The van der Waals surface area contributed by atoms with Crippen molar-refractivity contribution >= 4 is 21.4 Å². The molecule has 1 aliphatic heterocycles. The Morgan fingerprint density at radius 2 is 1.93 bits per heavy atom. The highest BCUT2D eigenvalue weighted by molar-refractivity contribution is 7.89. The summed E-state index contributed by atoms with van der Waals surface area (Å²) in [6.07, 6.45) is -3.26. The number of hydrogen-bond acceptors (Lipinski definition) is 6. The van der Waals surface area contributed by atoms with Crippen LogP contribution in [0.1, 0.15) is 18.4 Å². The molecule has 1 saturated heterocycles. The number of benzene rings is 1. The molecule has 1 aromatic carbocycles. The first-order chi connectivity index (χ1) is 13.7. The zero-order valence-electron chi connectivity index (χ0n) is 15.0. The molecule has 154 valence electrons. The largest absolute Gasteiger partial charge is 0.416 e. The first-order valence-electron chi connectivity index (χ1n) is 8.76. The van der Waals surface area contributed by atoms with E-state index in [1.807, 2.05) is 17.5 Å². The van der Waals surface area contributed by atoms with Crippen LogP contribution in [-0.4, -0.2) is 45.5 Å². The van der Waals surface area contributed by atoms with E-state index >= 15 is 0 Å². The Balaban J connectivity index is 1.53. The Hall–Kier alpha value is -2.31. The molecule has 0 radical (unpaired) electrons. The molecule has 0 N–H and O–H groups in total. The Kier molecular flexibility index (Phi) is 5.17. The maximum absolute atomic E-state index is 13.0. The van der Waals surface area contributed by atoms with Gasteiger partial charge in [-0.25, -0.2) is 8.42 Å². The van der Waals surface area contributed by atoms with Gasteiger partial charge in [-0.2, -0.15) is 22.3 Å². The van der Waals surface area contributed by atoms with Crippen LogP contribution in [0.15, 0.2) is 46.7 Å². The minimum atomic E-state index is -4.52. The number of halogens is 3. The summed E-state index contributed by atoms with van der Waals surface area (Å²) in [5.74, 6) is 0.468. The van der Waals surface area contributed by atoms with Crippen LogP contribution in [0.25, 0.3) is 10.7 Å². The Bertz CT molecular complexity index is 1080. The van der Waals surface area contributed by atoms with Gasteiger partial charge in [0.25, 0.3) is 0 Å². The molecule has 1 aliphatic rings.